The minimum Gasteiger partial charge on any atom is -0.318 e. The molecule has 0 saturated heterocycles. The Hall–Kier alpha value is -3.09. The number of alkyl halides is 3. The van der Waals surface area contributed by atoms with E-state index in [0.717, 1.165) is 41.3 Å². The maximum atomic E-state index is 12.6. The molecule has 30 heavy (non-hydrogen) atoms. The number of hydrogen-bond acceptors (Lipinski definition) is 3. The number of nitrogens with one attached hydrogen (secondary N) is 1. The first-order valence-electron chi connectivity index (χ1n) is 9.90. The van der Waals surface area contributed by atoms with E-state index >= 15 is 0 Å². The van der Waals surface area contributed by atoms with Gasteiger partial charge < -0.3 is 4.57 Å². The summed E-state index contributed by atoms with van der Waals surface area (Å²) in [5, 5.41) is 4.13. The summed E-state index contributed by atoms with van der Waals surface area (Å²) in [4.78, 5) is 3.75. The van der Waals surface area contributed by atoms with Gasteiger partial charge in [0, 0.05) is 28.8 Å². The Kier molecular flexibility index (Phi) is 6.59. The number of hydrogen-bond donors (Lipinski definition) is 1. The van der Waals surface area contributed by atoms with E-state index in [9.17, 15) is 13.2 Å². The fraction of sp³-hybridized carbons (Fsp3) is 0.304. The number of halogens is 3. The fourth-order valence-electron chi connectivity index (χ4n) is 3.30. The number of benzene rings is 1. The number of anilines is 1. The van der Waals surface area contributed by atoms with Crippen molar-refractivity contribution in [3.8, 4) is 5.69 Å². The highest BCUT2D eigenvalue weighted by Crippen LogP contribution is 2.28. The molecule has 0 bridgehead atoms. The van der Waals surface area contributed by atoms with Crippen molar-refractivity contribution in [2.45, 2.75) is 46.2 Å². The summed E-state index contributed by atoms with van der Waals surface area (Å²) in [5.74, 6) is 0.246. The molecule has 2 aromatic heterocycles. The lowest BCUT2D eigenvalue weighted by Crippen LogP contribution is -2.05. The molecule has 0 unspecified atom stereocenters. The van der Waals surface area contributed by atoms with E-state index in [0.29, 0.717) is 0 Å². The second-order valence-electron chi connectivity index (χ2n) is 7.23. The summed E-state index contributed by atoms with van der Waals surface area (Å²) in [6.45, 7) is 6.22. The zero-order valence-electron chi connectivity index (χ0n) is 17.3. The van der Waals surface area contributed by atoms with E-state index in [-0.39, 0.29) is 5.82 Å². The predicted molar refractivity (Wildman–Crippen MR) is 114 cm³/mol. The number of pyridine rings is 1. The van der Waals surface area contributed by atoms with Gasteiger partial charge in [0.25, 0.3) is 0 Å². The van der Waals surface area contributed by atoms with Gasteiger partial charge in [-0.05, 0) is 62.6 Å². The van der Waals surface area contributed by atoms with Gasteiger partial charge >= 0.3 is 6.18 Å². The molecule has 7 heteroatoms. The zero-order chi connectivity index (χ0) is 21.7. The molecule has 158 valence electrons. The zero-order valence-corrected chi connectivity index (χ0v) is 17.3. The van der Waals surface area contributed by atoms with Crippen molar-refractivity contribution in [3.05, 3.63) is 76.7 Å². The second-order valence-corrected chi connectivity index (χ2v) is 7.23. The normalized spacial score (nSPS) is 11.9. The molecule has 0 spiro atoms. The molecule has 0 aliphatic heterocycles. The first-order chi connectivity index (χ1) is 14.3. The molecule has 3 aromatic rings. The highest BCUT2D eigenvalue weighted by molar-refractivity contribution is 5.82. The number of unbranched alkanes of at least 4 members (excludes halogenated alkanes) is 1. The average molecular weight is 414 g/mol. The van der Waals surface area contributed by atoms with Crippen molar-refractivity contribution in [2.75, 3.05) is 5.43 Å². The molecule has 2 heterocycles. The van der Waals surface area contributed by atoms with Crippen molar-refractivity contribution in [3.63, 3.8) is 0 Å². The highest BCUT2D eigenvalue weighted by atomic mass is 19.4. The molecule has 0 radical (unpaired) electrons. The second kappa shape index (κ2) is 9.15. The molecule has 0 fully saturated rings. The Morgan fingerprint density at radius 2 is 1.83 bits per heavy atom. The minimum absolute atomic E-state index is 0.246. The van der Waals surface area contributed by atoms with Crippen molar-refractivity contribution < 1.29 is 13.2 Å². The van der Waals surface area contributed by atoms with Crippen molar-refractivity contribution in [1.82, 2.24) is 9.55 Å². The van der Waals surface area contributed by atoms with Crippen molar-refractivity contribution >= 4 is 12.0 Å². The van der Waals surface area contributed by atoms with Crippen LogP contribution in [-0.2, 0) is 12.6 Å². The molecule has 0 saturated carbocycles. The van der Waals surface area contributed by atoms with Crippen LogP contribution in [0.1, 0.15) is 47.8 Å². The number of aromatic nitrogens is 2. The van der Waals surface area contributed by atoms with Crippen molar-refractivity contribution in [1.29, 1.82) is 0 Å². The van der Waals surface area contributed by atoms with Crippen LogP contribution in [0.4, 0.5) is 19.0 Å². The Bertz CT molecular complexity index is 1000. The van der Waals surface area contributed by atoms with E-state index in [1.54, 1.807) is 6.21 Å². The van der Waals surface area contributed by atoms with Gasteiger partial charge in [0.1, 0.15) is 5.82 Å². The van der Waals surface area contributed by atoms with E-state index < -0.39 is 11.7 Å². The molecular formula is C23H25F3N4. The number of rotatable bonds is 7. The smallest absolute Gasteiger partial charge is 0.318 e. The number of hydrazone groups is 1. The topological polar surface area (TPSA) is 42.2 Å². The monoisotopic (exact) mass is 414 g/mol. The van der Waals surface area contributed by atoms with Crippen LogP contribution in [0.15, 0.2) is 53.8 Å². The van der Waals surface area contributed by atoms with Crippen LogP contribution in [-0.4, -0.2) is 15.8 Å². The molecule has 0 aliphatic rings. The van der Waals surface area contributed by atoms with Gasteiger partial charge in [-0.25, -0.2) is 4.98 Å². The minimum atomic E-state index is -4.40. The van der Waals surface area contributed by atoms with Gasteiger partial charge in [0.2, 0.25) is 0 Å². The van der Waals surface area contributed by atoms with Crippen molar-refractivity contribution in [2.24, 2.45) is 5.10 Å². The van der Waals surface area contributed by atoms with Gasteiger partial charge in [0.15, 0.2) is 0 Å². The Morgan fingerprint density at radius 3 is 2.43 bits per heavy atom. The first-order valence-corrected chi connectivity index (χ1v) is 9.90. The lowest BCUT2D eigenvalue weighted by atomic mass is 10.1. The summed E-state index contributed by atoms with van der Waals surface area (Å²) in [5.41, 5.74) is 7.32. The quantitative estimate of drug-likeness (QED) is 0.364. The number of nitrogens with zero attached hydrogens (tertiary/aromatic N) is 3. The Labute approximate surface area is 174 Å². The summed E-state index contributed by atoms with van der Waals surface area (Å²) in [6, 6.07) is 12.8. The fourth-order valence-corrected chi connectivity index (χ4v) is 3.30. The molecule has 1 aromatic carbocycles. The lowest BCUT2D eigenvalue weighted by molar-refractivity contribution is -0.137. The average Bonchev–Trinajstić information content (AvgIpc) is 3.00. The predicted octanol–water partition coefficient (Wildman–Crippen LogP) is 6.30. The molecule has 1 N–H and O–H groups in total. The summed E-state index contributed by atoms with van der Waals surface area (Å²) in [6.07, 6.45) is 1.48. The Morgan fingerprint density at radius 1 is 1.10 bits per heavy atom. The molecule has 0 atom stereocenters. The van der Waals surface area contributed by atoms with Crippen LogP contribution in [0.2, 0.25) is 0 Å². The van der Waals surface area contributed by atoms with Gasteiger partial charge in [0.05, 0.1) is 11.8 Å². The highest BCUT2D eigenvalue weighted by Gasteiger charge is 2.30. The van der Waals surface area contributed by atoms with E-state index in [2.05, 4.69) is 51.3 Å². The summed E-state index contributed by atoms with van der Waals surface area (Å²) >= 11 is 0. The van der Waals surface area contributed by atoms with E-state index in [4.69, 9.17) is 0 Å². The Balaban J connectivity index is 1.72. The third kappa shape index (κ3) is 5.09. The largest absolute Gasteiger partial charge is 0.417 e. The van der Waals surface area contributed by atoms with Gasteiger partial charge in [-0.15, -0.1) is 0 Å². The summed E-state index contributed by atoms with van der Waals surface area (Å²) in [7, 11) is 0. The number of aryl methyl sites for hydroxylation is 2. The van der Waals surface area contributed by atoms with Crippen LogP contribution in [0.3, 0.4) is 0 Å². The third-order valence-electron chi connectivity index (χ3n) is 4.96. The van der Waals surface area contributed by atoms with Gasteiger partial charge in [-0.3, -0.25) is 5.43 Å². The summed E-state index contributed by atoms with van der Waals surface area (Å²) < 4.78 is 40.0. The molecule has 3 rings (SSSR count). The van der Waals surface area contributed by atoms with Gasteiger partial charge in [-0.1, -0.05) is 25.5 Å². The van der Waals surface area contributed by atoms with E-state index in [1.165, 1.54) is 24.5 Å². The van der Waals surface area contributed by atoms with Crippen LogP contribution in [0, 0.1) is 13.8 Å². The van der Waals surface area contributed by atoms with Crippen LogP contribution < -0.4 is 5.43 Å². The molecule has 0 aliphatic carbocycles. The lowest BCUT2D eigenvalue weighted by Gasteiger charge is -2.10. The molecular weight excluding hydrogens is 389 g/mol. The molecule has 0 amide bonds. The SMILES string of the molecule is CCCCc1ccc(-n2c(C)cc(/C=N\Nc3ccc(C(F)(F)F)cn3)c2C)cc1. The standard InChI is InChI=1S/C23H25F3N4/c1-4-5-6-18-7-10-21(11-8-18)30-16(2)13-19(17(30)3)14-28-29-22-12-9-20(15-27-22)23(24,25)26/h7-15H,4-6H2,1-3H3,(H,27,29)/b28-14-. The molecule has 4 nitrogen and oxygen atoms in total. The van der Waals surface area contributed by atoms with E-state index in [1.807, 2.05) is 19.9 Å². The van der Waals surface area contributed by atoms with Crippen LogP contribution >= 0.6 is 0 Å². The first kappa shape index (κ1) is 21.6. The maximum absolute atomic E-state index is 12.6. The maximum Gasteiger partial charge on any atom is 0.417 e. The van der Waals surface area contributed by atoms with Gasteiger partial charge in [-0.2, -0.15) is 18.3 Å². The van der Waals surface area contributed by atoms with Crippen LogP contribution in [0.25, 0.3) is 5.69 Å². The third-order valence-corrected chi connectivity index (χ3v) is 4.96. The van der Waals surface area contributed by atoms with Crippen LogP contribution in [0.5, 0.6) is 0 Å².